The van der Waals surface area contributed by atoms with Crippen molar-refractivity contribution < 1.29 is 9.18 Å². The molecule has 5 nitrogen and oxygen atoms in total. The molecule has 1 N–H and O–H groups in total. The smallest absolute Gasteiger partial charge is 0.278 e. The topological polar surface area (TPSA) is 58.1 Å². The molecule has 138 valence electrons. The van der Waals surface area contributed by atoms with Gasteiger partial charge in [0.2, 0.25) is 0 Å². The Morgan fingerprint density at radius 2 is 1.89 bits per heavy atom. The molecule has 6 heteroatoms. The lowest BCUT2D eigenvalue weighted by Crippen LogP contribution is -2.31. The van der Waals surface area contributed by atoms with Gasteiger partial charge in [-0.3, -0.25) is 4.79 Å². The number of benzene rings is 2. The average Bonchev–Trinajstić information content (AvgIpc) is 2.68. The largest absolute Gasteiger partial charge is 0.364 e. The van der Waals surface area contributed by atoms with E-state index < -0.39 is 0 Å². The van der Waals surface area contributed by atoms with E-state index in [-0.39, 0.29) is 17.4 Å². The van der Waals surface area contributed by atoms with Crippen LogP contribution in [0.15, 0.2) is 60.7 Å². The first-order chi connectivity index (χ1) is 13.1. The lowest BCUT2D eigenvalue weighted by Gasteiger charge is -2.20. The zero-order valence-corrected chi connectivity index (χ0v) is 15.3. The maximum absolute atomic E-state index is 13.7. The quantitative estimate of drug-likeness (QED) is 0.712. The zero-order chi connectivity index (χ0) is 19.2. The molecule has 2 aromatic carbocycles. The fourth-order valence-electron chi connectivity index (χ4n) is 2.75. The Bertz CT molecular complexity index is 927. The predicted octanol–water partition coefficient (Wildman–Crippen LogP) is 4.20. The molecule has 0 aliphatic heterocycles. The Labute approximate surface area is 157 Å². The number of amides is 1. The summed E-state index contributed by atoms with van der Waals surface area (Å²) in [5.41, 5.74) is 2.70. The number of halogens is 1. The molecule has 0 aliphatic carbocycles. The highest BCUT2D eigenvalue weighted by molar-refractivity contribution is 6.04. The Kier molecular flexibility index (Phi) is 5.76. The third-order valence-electron chi connectivity index (χ3n) is 4.18. The van der Waals surface area contributed by atoms with Crippen molar-refractivity contribution in [2.24, 2.45) is 0 Å². The second-order valence-corrected chi connectivity index (χ2v) is 6.14. The van der Waals surface area contributed by atoms with Crippen molar-refractivity contribution in [3.05, 3.63) is 83.3 Å². The van der Waals surface area contributed by atoms with Gasteiger partial charge in [-0.1, -0.05) is 30.3 Å². The molecule has 3 rings (SSSR count). The summed E-state index contributed by atoms with van der Waals surface area (Å²) in [6.45, 7) is 4.71. The van der Waals surface area contributed by atoms with Crippen LogP contribution in [0, 0.1) is 12.7 Å². The molecule has 1 aromatic heterocycles. The fourth-order valence-corrected chi connectivity index (χ4v) is 2.75. The molecule has 1 amide bonds. The number of aromatic nitrogens is 2. The van der Waals surface area contributed by atoms with Crippen LogP contribution in [0.2, 0.25) is 0 Å². The second-order valence-electron chi connectivity index (χ2n) is 6.14. The minimum atomic E-state index is -0.276. The van der Waals surface area contributed by atoms with Gasteiger partial charge in [0.25, 0.3) is 5.91 Å². The molecule has 1 heterocycles. The highest BCUT2D eigenvalue weighted by Gasteiger charge is 2.18. The molecule has 0 fully saturated rings. The summed E-state index contributed by atoms with van der Waals surface area (Å²) in [5, 5.41) is 11.1. The molecule has 0 atom stereocenters. The van der Waals surface area contributed by atoms with E-state index in [0.717, 1.165) is 11.3 Å². The molecule has 0 saturated heterocycles. The van der Waals surface area contributed by atoms with Gasteiger partial charge >= 0.3 is 0 Å². The van der Waals surface area contributed by atoms with Crippen LogP contribution in [-0.4, -0.2) is 22.6 Å². The minimum absolute atomic E-state index is 0.212. The normalized spacial score (nSPS) is 10.5. The monoisotopic (exact) mass is 364 g/mol. The van der Waals surface area contributed by atoms with Gasteiger partial charge in [0.15, 0.2) is 5.69 Å². The zero-order valence-electron chi connectivity index (χ0n) is 15.3. The van der Waals surface area contributed by atoms with Crippen molar-refractivity contribution >= 4 is 17.4 Å². The molecule has 0 saturated carbocycles. The highest BCUT2D eigenvalue weighted by Crippen LogP contribution is 2.18. The summed E-state index contributed by atoms with van der Waals surface area (Å²) < 4.78 is 13.7. The standard InChI is InChI=1S/C21H21FN4O/c1-3-26(17-9-6-7-15(2)13-17)21(27)19-11-12-20(25-24-19)23-14-16-8-4-5-10-18(16)22/h4-13H,3,14H2,1-2H3,(H,23,25). The first kappa shape index (κ1) is 18.5. The number of hydrogen-bond acceptors (Lipinski definition) is 4. The Morgan fingerprint density at radius 3 is 2.56 bits per heavy atom. The Morgan fingerprint density at radius 1 is 1.07 bits per heavy atom. The van der Waals surface area contributed by atoms with Crippen LogP contribution < -0.4 is 10.2 Å². The number of anilines is 2. The lowest BCUT2D eigenvalue weighted by atomic mass is 10.2. The van der Waals surface area contributed by atoms with E-state index in [1.165, 1.54) is 6.07 Å². The number of aryl methyl sites for hydroxylation is 1. The minimum Gasteiger partial charge on any atom is -0.364 e. The van der Waals surface area contributed by atoms with Crippen molar-refractivity contribution in [1.29, 1.82) is 0 Å². The van der Waals surface area contributed by atoms with E-state index in [1.807, 2.05) is 38.1 Å². The van der Waals surface area contributed by atoms with Crippen LogP contribution in [0.5, 0.6) is 0 Å². The van der Waals surface area contributed by atoms with E-state index in [1.54, 1.807) is 35.2 Å². The van der Waals surface area contributed by atoms with Gasteiger partial charge in [-0.25, -0.2) is 4.39 Å². The number of hydrogen-bond donors (Lipinski definition) is 1. The molecule has 0 radical (unpaired) electrons. The lowest BCUT2D eigenvalue weighted by molar-refractivity contribution is 0.0982. The van der Waals surface area contributed by atoms with Gasteiger partial charge in [0, 0.05) is 24.3 Å². The first-order valence-electron chi connectivity index (χ1n) is 8.78. The molecule has 0 bridgehead atoms. The van der Waals surface area contributed by atoms with Crippen molar-refractivity contribution in [2.75, 3.05) is 16.8 Å². The van der Waals surface area contributed by atoms with Gasteiger partial charge in [-0.15, -0.1) is 10.2 Å². The van der Waals surface area contributed by atoms with Gasteiger partial charge in [-0.2, -0.15) is 0 Å². The molecule has 27 heavy (non-hydrogen) atoms. The summed E-state index contributed by atoms with van der Waals surface area (Å²) in [7, 11) is 0. The highest BCUT2D eigenvalue weighted by atomic mass is 19.1. The van der Waals surface area contributed by atoms with Crippen LogP contribution in [0.4, 0.5) is 15.9 Å². The van der Waals surface area contributed by atoms with E-state index >= 15 is 0 Å². The molecule has 0 aliphatic rings. The summed E-state index contributed by atoms with van der Waals surface area (Å²) in [6.07, 6.45) is 0. The van der Waals surface area contributed by atoms with Crippen molar-refractivity contribution in [3.63, 3.8) is 0 Å². The van der Waals surface area contributed by atoms with E-state index in [0.29, 0.717) is 24.5 Å². The van der Waals surface area contributed by atoms with Crippen LogP contribution in [0.1, 0.15) is 28.5 Å². The van der Waals surface area contributed by atoms with Crippen LogP contribution in [0.25, 0.3) is 0 Å². The Hall–Kier alpha value is -3.28. The summed E-state index contributed by atoms with van der Waals surface area (Å²) in [6, 6.07) is 17.6. The van der Waals surface area contributed by atoms with Gasteiger partial charge in [0.1, 0.15) is 11.6 Å². The van der Waals surface area contributed by atoms with Crippen molar-refractivity contribution in [3.8, 4) is 0 Å². The third-order valence-corrected chi connectivity index (χ3v) is 4.18. The van der Waals surface area contributed by atoms with Crippen molar-refractivity contribution in [2.45, 2.75) is 20.4 Å². The molecular formula is C21H21FN4O. The van der Waals surface area contributed by atoms with E-state index in [9.17, 15) is 9.18 Å². The number of carbonyl (C=O) groups excluding carboxylic acids is 1. The Balaban J connectivity index is 1.70. The summed E-state index contributed by atoms with van der Waals surface area (Å²) in [4.78, 5) is 14.4. The number of nitrogens with zero attached hydrogens (tertiary/aromatic N) is 3. The second kappa shape index (κ2) is 8.40. The maximum atomic E-state index is 13.7. The van der Waals surface area contributed by atoms with Crippen LogP contribution in [0.3, 0.4) is 0 Å². The van der Waals surface area contributed by atoms with Gasteiger partial charge < -0.3 is 10.2 Å². The molecule has 3 aromatic rings. The first-order valence-corrected chi connectivity index (χ1v) is 8.78. The predicted molar refractivity (Wildman–Crippen MR) is 104 cm³/mol. The summed E-state index contributed by atoms with van der Waals surface area (Å²) >= 11 is 0. The van der Waals surface area contributed by atoms with Crippen molar-refractivity contribution in [1.82, 2.24) is 10.2 Å². The average molecular weight is 364 g/mol. The summed E-state index contributed by atoms with van der Waals surface area (Å²) in [5.74, 6) is -0.00819. The molecular weight excluding hydrogens is 343 g/mol. The molecule has 0 unspecified atom stereocenters. The number of rotatable bonds is 6. The maximum Gasteiger partial charge on any atom is 0.278 e. The van der Waals surface area contributed by atoms with E-state index in [4.69, 9.17) is 0 Å². The number of nitrogens with one attached hydrogen (secondary N) is 1. The van der Waals surface area contributed by atoms with Crippen LogP contribution >= 0.6 is 0 Å². The van der Waals surface area contributed by atoms with Gasteiger partial charge in [-0.05, 0) is 49.7 Å². The van der Waals surface area contributed by atoms with Crippen LogP contribution in [-0.2, 0) is 6.54 Å². The van der Waals surface area contributed by atoms with Gasteiger partial charge in [0.05, 0.1) is 0 Å². The number of carbonyl (C=O) groups is 1. The third kappa shape index (κ3) is 4.47. The SMILES string of the molecule is CCN(C(=O)c1ccc(NCc2ccccc2F)nn1)c1cccc(C)c1. The van der Waals surface area contributed by atoms with E-state index in [2.05, 4.69) is 15.5 Å². The fraction of sp³-hybridized carbons (Fsp3) is 0.190. The molecule has 0 spiro atoms.